The van der Waals surface area contributed by atoms with Crippen molar-refractivity contribution in [3.05, 3.63) is 83.5 Å². The smallest absolute Gasteiger partial charge is 0.165 e. The fourth-order valence-electron chi connectivity index (χ4n) is 5.87. The molecular weight excluding hydrogens is 374 g/mol. The van der Waals surface area contributed by atoms with Crippen molar-refractivity contribution in [3.8, 4) is 11.3 Å². The minimum atomic E-state index is -0.404. The Morgan fingerprint density at radius 1 is 1.20 bits per heavy atom. The zero-order valence-electron chi connectivity index (χ0n) is 17.2. The second-order valence-corrected chi connectivity index (χ2v) is 8.51. The van der Waals surface area contributed by atoms with Gasteiger partial charge in [-0.1, -0.05) is 37.3 Å². The lowest BCUT2D eigenvalue weighted by Crippen LogP contribution is -2.51. The number of fused-ring (bicyclic) bond motifs is 3. The molecule has 1 N–H and O–H groups in total. The number of nitrogens with zero attached hydrogens (tertiary/aromatic N) is 3. The van der Waals surface area contributed by atoms with Crippen molar-refractivity contribution < 1.29 is 9.90 Å². The topological polar surface area (TPSA) is 68.0 Å². The number of aliphatic hydroxyl groups excluding tert-OH is 1. The maximum Gasteiger partial charge on any atom is 0.165 e. The van der Waals surface area contributed by atoms with E-state index in [0.717, 1.165) is 36.1 Å². The van der Waals surface area contributed by atoms with E-state index in [4.69, 9.17) is 5.10 Å². The Morgan fingerprint density at radius 3 is 2.70 bits per heavy atom. The van der Waals surface area contributed by atoms with Crippen molar-refractivity contribution in [2.45, 2.75) is 31.6 Å². The average Bonchev–Trinajstić information content (AvgIpc) is 3.14. The molecule has 1 fully saturated rings. The number of hydrogen-bond acceptors (Lipinski definition) is 4. The van der Waals surface area contributed by atoms with Gasteiger partial charge in [-0.2, -0.15) is 5.10 Å². The van der Waals surface area contributed by atoms with Gasteiger partial charge in [-0.25, -0.2) is 0 Å². The van der Waals surface area contributed by atoms with Crippen LogP contribution in [0.3, 0.4) is 0 Å². The van der Waals surface area contributed by atoms with E-state index in [1.165, 1.54) is 11.1 Å². The summed E-state index contributed by atoms with van der Waals surface area (Å²) in [5, 5.41) is 14.8. The quantitative estimate of drug-likeness (QED) is 0.513. The molecule has 5 heteroatoms. The highest BCUT2D eigenvalue weighted by Crippen LogP contribution is 2.57. The van der Waals surface area contributed by atoms with Gasteiger partial charge >= 0.3 is 0 Å². The standard InChI is InChI=1S/C25H25N3O2/c1-16-21-11-10-20-22(17-7-6-12-26-14-17)27-28(2)24(20)25(21,13-18(15-29)23(16)30)19-8-4-3-5-9-19/h3-9,12,14-16,21,29H,10-11,13H2,1-2H3/b18-15-/t16-,21-,25+/m0/s1. The number of pyridine rings is 1. The molecule has 2 aromatic heterocycles. The predicted molar refractivity (Wildman–Crippen MR) is 115 cm³/mol. The van der Waals surface area contributed by atoms with Crippen molar-refractivity contribution >= 4 is 5.78 Å². The molecule has 0 bridgehead atoms. The maximum absolute atomic E-state index is 12.9. The van der Waals surface area contributed by atoms with Crippen LogP contribution >= 0.6 is 0 Å². The number of carbonyl (C=O) groups is 1. The molecule has 0 saturated heterocycles. The van der Waals surface area contributed by atoms with Gasteiger partial charge in [0.05, 0.1) is 17.6 Å². The lowest BCUT2D eigenvalue weighted by atomic mass is 9.52. The van der Waals surface area contributed by atoms with E-state index in [9.17, 15) is 9.90 Å². The molecule has 2 aliphatic carbocycles. The largest absolute Gasteiger partial charge is 0.515 e. The number of aliphatic hydroxyl groups is 1. The molecule has 0 aliphatic heterocycles. The molecule has 0 spiro atoms. The maximum atomic E-state index is 12.9. The zero-order valence-corrected chi connectivity index (χ0v) is 17.2. The number of allylic oxidation sites excluding steroid dienone is 1. The molecule has 152 valence electrons. The highest BCUT2D eigenvalue weighted by Gasteiger charge is 2.55. The Morgan fingerprint density at radius 2 is 2.00 bits per heavy atom. The first kappa shape index (κ1) is 18.8. The van der Waals surface area contributed by atoms with Gasteiger partial charge in [-0.05, 0) is 42.9 Å². The SMILES string of the molecule is C[C@@H]1C(=O)/C(=C\O)C[C@]2(c3ccccc3)c3c(c(-c4cccnc4)nn3C)CC[C@@H]12. The van der Waals surface area contributed by atoms with Gasteiger partial charge in [0.25, 0.3) is 0 Å². The molecule has 1 aromatic carbocycles. The number of aryl methyl sites for hydroxylation is 1. The predicted octanol–water partition coefficient (Wildman–Crippen LogP) is 4.38. The van der Waals surface area contributed by atoms with Crippen LogP contribution in [0.25, 0.3) is 11.3 Å². The number of hydrogen-bond donors (Lipinski definition) is 1. The third kappa shape index (κ3) is 2.51. The van der Waals surface area contributed by atoms with Crippen molar-refractivity contribution in [3.63, 3.8) is 0 Å². The minimum absolute atomic E-state index is 0.0622. The molecule has 0 amide bonds. The number of benzene rings is 1. The van der Waals surface area contributed by atoms with E-state index in [0.29, 0.717) is 12.0 Å². The molecule has 5 rings (SSSR count). The number of carbonyl (C=O) groups excluding carboxylic acids is 1. The van der Waals surface area contributed by atoms with Crippen LogP contribution in [0.2, 0.25) is 0 Å². The van der Waals surface area contributed by atoms with E-state index in [1.807, 2.05) is 43.0 Å². The van der Waals surface area contributed by atoms with Gasteiger partial charge in [0, 0.05) is 47.5 Å². The van der Waals surface area contributed by atoms with Crippen LogP contribution in [0.5, 0.6) is 0 Å². The fraction of sp³-hybridized carbons (Fsp3) is 0.320. The summed E-state index contributed by atoms with van der Waals surface area (Å²) >= 11 is 0. The van der Waals surface area contributed by atoms with Crippen LogP contribution in [0.1, 0.15) is 36.6 Å². The van der Waals surface area contributed by atoms with Crippen LogP contribution in [-0.4, -0.2) is 25.7 Å². The van der Waals surface area contributed by atoms with Crippen LogP contribution < -0.4 is 0 Å². The van der Waals surface area contributed by atoms with Crippen molar-refractivity contribution in [1.82, 2.24) is 14.8 Å². The normalized spacial score (nSPS) is 27.0. The summed E-state index contributed by atoms with van der Waals surface area (Å²) in [5.74, 6) is 0.0511. The third-order valence-electron chi connectivity index (χ3n) is 7.09. The minimum Gasteiger partial charge on any atom is -0.515 e. The summed E-state index contributed by atoms with van der Waals surface area (Å²) < 4.78 is 1.99. The molecule has 5 nitrogen and oxygen atoms in total. The molecular formula is C25H25N3O2. The fourth-order valence-corrected chi connectivity index (χ4v) is 5.87. The van der Waals surface area contributed by atoms with Gasteiger partial charge < -0.3 is 5.11 Å². The summed E-state index contributed by atoms with van der Waals surface area (Å²) in [4.78, 5) is 17.2. The molecule has 0 radical (unpaired) electrons. The van der Waals surface area contributed by atoms with Gasteiger partial charge in [0.1, 0.15) is 0 Å². The Bertz CT molecular complexity index is 1130. The van der Waals surface area contributed by atoms with Crippen LogP contribution in [-0.2, 0) is 23.7 Å². The Hall–Kier alpha value is -3.21. The summed E-state index contributed by atoms with van der Waals surface area (Å²) in [5.41, 5.74) is 5.63. The lowest BCUT2D eigenvalue weighted by molar-refractivity contribution is -0.123. The molecule has 30 heavy (non-hydrogen) atoms. The molecule has 3 atom stereocenters. The van der Waals surface area contributed by atoms with Gasteiger partial charge in [0.2, 0.25) is 0 Å². The molecule has 1 saturated carbocycles. The lowest BCUT2D eigenvalue weighted by Gasteiger charge is -2.50. The van der Waals surface area contributed by atoms with Gasteiger partial charge in [-0.15, -0.1) is 0 Å². The monoisotopic (exact) mass is 399 g/mol. The zero-order chi connectivity index (χ0) is 20.9. The number of rotatable bonds is 2. The van der Waals surface area contributed by atoms with E-state index in [2.05, 4.69) is 29.2 Å². The molecule has 2 heterocycles. The van der Waals surface area contributed by atoms with Gasteiger partial charge in [-0.3, -0.25) is 14.5 Å². The van der Waals surface area contributed by atoms with Crippen molar-refractivity contribution in [2.75, 3.05) is 0 Å². The van der Waals surface area contributed by atoms with Crippen molar-refractivity contribution in [2.24, 2.45) is 18.9 Å². The Balaban J connectivity index is 1.81. The first-order valence-corrected chi connectivity index (χ1v) is 10.5. The van der Waals surface area contributed by atoms with Crippen LogP contribution in [0, 0.1) is 11.8 Å². The van der Waals surface area contributed by atoms with E-state index >= 15 is 0 Å². The average molecular weight is 399 g/mol. The molecule has 0 unspecified atom stereocenters. The van der Waals surface area contributed by atoms with E-state index < -0.39 is 5.41 Å². The highest BCUT2D eigenvalue weighted by molar-refractivity contribution is 5.98. The number of Topliss-reactive ketones (excluding diaryl/α,β-unsaturated/α-hetero) is 1. The van der Waals surface area contributed by atoms with Crippen LogP contribution in [0.15, 0.2) is 66.7 Å². The first-order valence-electron chi connectivity index (χ1n) is 10.5. The summed E-state index contributed by atoms with van der Waals surface area (Å²) in [6.07, 6.45) is 6.92. The molecule has 3 aromatic rings. The second kappa shape index (κ2) is 6.94. The Labute approximate surface area is 176 Å². The first-order chi connectivity index (χ1) is 14.6. The van der Waals surface area contributed by atoms with Crippen molar-refractivity contribution in [1.29, 1.82) is 0 Å². The highest BCUT2D eigenvalue weighted by atomic mass is 16.2. The Kier molecular flexibility index (Phi) is 4.35. The summed E-state index contributed by atoms with van der Waals surface area (Å²) in [6, 6.07) is 14.4. The second-order valence-electron chi connectivity index (χ2n) is 8.51. The summed E-state index contributed by atoms with van der Waals surface area (Å²) in [7, 11) is 2.00. The summed E-state index contributed by atoms with van der Waals surface area (Å²) in [6.45, 7) is 2.01. The van der Waals surface area contributed by atoms with E-state index in [-0.39, 0.29) is 17.6 Å². The molecule has 2 aliphatic rings. The third-order valence-corrected chi connectivity index (χ3v) is 7.09. The van der Waals surface area contributed by atoms with E-state index in [1.54, 1.807) is 6.20 Å². The number of aromatic nitrogens is 3. The van der Waals surface area contributed by atoms with Gasteiger partial charge in [0.15, 0.2) is 5.78 Å². The van der Waals surface area contributed by atoms with Crippen LogP contribution in [0.4, 0.5) is 0 Å². The number of ketones is 1.